The van der Waals surface area contributed by atoms with E-state index in [1.165, 1.54) is 24.4 Å². The van der Waals surface area contributed by atoms with Gasteiger partial charge in [-0.2, -0.15) is 5.10 Å². The van der Waals surface area contributed by atoms with Gasteiger partial charge in [0.05, 0.1) is 16.3 Å². The minimum absolute atomic E-state index is 0.0887. The van der Waals surface area contributed by atoms with Gasteiger partial charge in [0.2, 0.25) is 0 Å². The van der Waals surface area contributed by atoms with E-state index in [1.807, 2.05) is 6.92 Å². The number of halogens is 1. The highest BCUT2D eigenvalue weighted by Crippen LogP contribution is 2.26. The number of hydrogen-bond donors (Lipinski definition) is 3. The number of phenols is 1. The van der Waals surface area contributed by atoms with E-state index >= 15 is 0 Å². The molecule has 0 fully saturated rings. The van der Waals surface area contributed by atoms with Crippen LogP contribution in [0.25, 0.3) is 11.0 Å². The Bertz CT molecular complexity index is 999. The van der Waals surface area contributed by atoms with Gasteiger partial charge in [-0.25, -0.2) is 9.78 Å². The molecule has 0 spiro atoms. The van der Waals surface area contributed by atoms with Crippen LogP contribution in [0.3, 0.4) is 0 Å². The van der Waals surface area contributed by atoms with Crippen LogP contribution in [0.1, 0.15) is 16.1 Å². The van der Waals surface area contributed by atoms with Crippen LogP contribution in [0.5, 0.6) is 5.75 Å². The third-order valence-corrected chi connectivity index (χ3v) is 3.86. The number of amides is 3. The number of carbonyl (C=O) groups excluding carboxylic acids is 2. The van der Waals surface area contributed by atoms with Crippen molar-refractivity contribution in [3.8, 4) is 5.75 Å². The second-order valence-electron chi connectivity index (χ2n) is 5.38. The molecular weight excluding hydrogens is 346 g/mol. The lowest BCUT2D eigenvalue weighted by molar-refractivity contribution is 0.0967. The number of aromatic nitrogens is 3. The van der Waals surface area contributed by atoms with Crippen molar-refractivity contribution in [2.45, 2.75) is 6.92 Å². The third kappa shape index (κ3) is 3.38. The molecule has 0 aliphatic rings. The Morgan fingerprint density at radius 2 is 2.04 bits per heavy atom. The number of nitrogens with zero attached hydrogens (tertiary/aromatic N) is 3. The predicted molar refractivity (Wildman–Crippen MR) is 92.8 cm³/mol. The highest BCUT2D eigenvalue weighted by atomic mass is 35.5. The van der Waals surface area contributed by atoms with Crippen molar-refractivity contribution in [2.24, 2.45) is 7.05 Å². The van der Waals surface area contributed by atoms with E-state index in [2.05, 4.69) is 20.7 Å². The average molecular weight is 360 g/mol. The number of aryl methyl sites for hydroxylation is 2. The van der Waals surface area contributed by atoms with Crippen molar-refractivity contribution < 1.29 is 14.7 Å². The maximum absolute atomic E-state index is 12.2. The number of carbonyl (C=O) groups is 2. The molecule has 0 unspecified atom stereocenters. The standard InChI is InChI=1S/C16H14ClN5O3/c1-8-11-5-9(7-18-14(11)22(2)21-8)15(24)20-16(25)19-10-3-4-13(23)12(17)6-10/h3-7,23H,1-2H3,(H2,19,20,24,25). The lowest BCUT2D eigenvalue weighted by atomic mass is 10.2. The van der Waals surface area contributed by atoms with Crippen LogP contribution in [-0.4, -0.2) is 31.8 Å². The van der Waals surface area contributed by atoms with Crippen LogP contribution in [0.2, 0.25) is 5.02 Å². The van der Waals surface area contributed by atoms with E-state index in [4.69, 9.17) is 11.6 Å². The zero-order valence-corrected chi connectivity index (χ0v) is 14.1. The van der Waals surface area contributed by atoms with Gasteiger partial charge in [-0.15, -0.1) is 0 Å². The SMILES string of the molecule is Cc1nn(C)c2ncc(C(=O)NC(=O)Nc3ccc(O)c(Cl)c3)cc12. The summed E-state index contributed by atoms with van der Waals surface area (Å²) in [6.07, 6.45) is 1.38. The first-order valence-electron chi connectivity index (χ1n) is 7.25. The number of aromatic hydroxyl groups is 1. The summed E-state index contributed by atoms with van der Waals surface area (Å²) >= 11 is 5.77. The van der Waals surface area contributed by atoms with Gasteiger partial charge in [-0.1, -0.05) is 11.6 Å². The molecule has 25 heavy (non-hydrogen) atoms. The molecule has 9 heteroatoms. The van der Waals surface area contributed by atoms with Gasteiger partial charge in [0.15, 0.2) is 5.65 Å². The summed E-state index contributed by atoms with van der Waals surface area (Å²) in [7, 11) is 1.76. The molecule has 0 bridgehead atoms. The lowest BCUT2D eigenvalue weighted by Gasteiger charge is -2.07. The number of nitrogens with one attached hydrogen (secondary N) is 2. The molecule has 2 aromatic heterocycles. The number of anilines is 1. The molecule has 8 nitrogen and oxygen atoms in total. The molecule has 0 aliphatic carbocycles. The molecule has 1 aromatic carbocycles. The Morgan fingerprint density at radius 1 is 1.28 bits per heavy atom. The van der Waals surface area contributed by atoms with Crippen LogP contribution in [0.15, 0.2) is 30.5 Å². The Labute approximate surface area is 147 Å². The molecule has 0 saturated carbocycles. The van der Waals surface area contributed by atoms with Crippen LogP contribution in [0, 0.1) is 6.92 Å². The predicted octanol–water partition coefficient (Wildman–Crippen LogP) is 2.60. The summed E-state index contributed by atoms with van der Waals surface area (Å²) in [6, 6.07) is 5.06. The average Bonchev–Trinajstić information content (AvgIpc) is 2.85. The third-order valence-electron chi connectivity index (χ3n) is 3.56. The van der Waals surface area contributed by atoms with Crippen LogP contribution in [0.4, 0.5) is 10.5 Å². The molecule has 0 saturated heterocycles. The molecule has 3 amide bonds. The highest BCUT2D eigenvalue weighted by Gasteiger charge is 2.14. The topological polar surface area (TPSA) is 109 Å². The number of rotatable bonds is 2. The minimum atomic E-state index is -0.727. The first-order chi connectivity index (χ1) is 11.8. The van der Waals surface area contributed by atoms with Crippen LogP contribution < -0.4 is 10.6 Å². The number of urea groups is 1. The van der Waals surface area contributed by atoms with E-state index < -0.39 is 11.9 Å². The fraction of sp³-hybridized carbons (Fsp3) is 0.125. The van der Waals surface area contributed by atoms with Gasteiger partial charge in [-0.3, -0.25) is 14.8 Å². The lowest BCUT2D eigenvalue weighted by Crippen LogP contribution is -2.34. The second-order valence-corrected chi connectivity index (χ2v) is 5.79. The molecule has 3 aromatic rings. The van der Waals surface area contributed by atoms with Gasteiger partial charge < -0.3 is 10.4 Å². The number of pyridine rings is 1. The monoisotopic (exact) mass is 359 g/mol. The molecule has 0 atom stereocenters. The summed E-state index contributed by atoms with van der Waals surface area (Å²) in [6.45, 7) is 1.81. The van der Waals surface area contributed by atoms with Crippen LogP contribution in [-0.2, 0) is 7.05 Å². The van der Waals surface area contributed by atoms with Gasteiger partial charge >= 0.3 is 6.03 Å². The fourth-order valence-electron chi connectivity index (χ4n) is 2.35. The Morgan fingerprint density at radius 3 is 2.76 bits per heavy atom. The maximum Gasteiger partial charge on any atom is 0.326 e. The van der Waals surface area contributed by atoms with E-state index in [1.54, 1.807) is 17.8 Å². The zero-order chi connectivity index (χ0) is 18.1. The Hall–Kier alpha value is -3.13. The number of phenolic OH excluding ortho intramolecular Hbond substituents is 1. The number of hydrogen-bond acceptors (Lipinski definition) is 5. The van der Waals surface area contributed by atoms with Crippen molar-refractivity contribution in [3.63, 3.8) is 0 Å². The maximum atomic E-state index is 12.2. The van der Waals surface area contributed by atoms with Crippen LogP contribution >= 0.6 is 11.6 Å². The molecule has 3 N–H and O–H groups in total. The van der Waals surface area contributed by atoms with E-state index in [-0.39, 0.29) is 16.3 Å². The quantitative estimate of drug-likeness (QED) is 0.609. The molecule has 2 heterocycles. The van der Waals surface area contributed by atoms with Crippen molar-refractivity contribution in [1.82, 2.24) is 20.1 Å². The largest absolute Gasteiger partial charge is 0.506 e. The first-order valence-corrected chi connectivity index (χ1v) is 7.63. The number of imide groups is 1. The molecule has 0 aliphatic heterocycles. The normalized spacial score (nSPS) is 10.7. The van der Waals surface area contributed by atoms with Crippen molar-refractivity contribution in [2.75, 3.05) is 5.32 Å². The fourth-order valence-corrected chi connectivity index (χ4v) is 2.53. The molecule has 0 radical (unpaired) electrons. The molecular formula is C16H14ClN5O3. The molecule has 128 valence electrons. The summed E-state index contributed by atoms with van der Waals surface area (Å²) in [5, 5.41) is 19.1. The second kappa shape index (κ2) is 6.40. The van der Waals surface area contributed by atoms with Crippen molar-refractivity contribution in [3.05, 3.63) is 46.7 Å². The van der Waals surface area contributed by atoms with Gasteiger partial charge in [0.25, 0.3) is 5.91 Å². The summed E-state index contributed by atoms with van der Waals surface area (Å²) in [5.74, 6) is -0.699. The number of fused-ring (bicyclic) bond motifs is 1. The first kappa shape index (κ1) is 16.7. The van der Waals surface area contributed by atoms with Crippen molar-refractivity contribution >= 4 is 40.3 Å². The van der Waals surface area contributed by atoms with Gasteiger partial charge in [0.1, 0.15) is 5.75 Å². The van der Waals surface area contributed by atoms with Gasteiger partial charge in [0, 0.05) is 24.3 Å². The van der Waals surface area contributed by atoms with Gasteiger partial charge in [-0.05, 0) is 31.2 Å². The zero-order valence-electron chi connectivity index (χ0n) is 13.4. The molecule has 3 rings (SSSR count). The Kier molecular flexibility index (Phi) is 4.28. The summed E-state index contributed by atoms with van der Waals surface area (Å²) in [5.41, 5.74) is 1.97. The van der Waals surface area contributed by atoms with E-state index in [0.717, 1.165) is 11.1 Å². The van der Waals surface area contributed by atoms with E-state index in [9.17, 15) is 14.7 Å². The van der Waals surface area contributed by atoms with E-state index in [0.29, 0.717) is 11.3 Å². The highest BCUT2D eigenvalue weighted by molar-refractivity contribution is 6.32. The summed E-state index contributed by atoms with van der Waals surface area (Å²) < 4.78 is 1.62. The van der Waals surface area contributed by atoms with Crippen molar-refractivity contribution in [1.29, 1.82) is 0 Å². The smallest absolute Gasteiger partial charge is 0.326 e. The number of benzene rings is 1. The minimum Gasteiger partial charge on any atom is -0.506 e. The summed E-state index contributed by atoms with van der Waals surface area (Å²) in [4.78, 5) is 28.4. The Balaban J connectivity index is 1.74.